The van der Waals surface area contributed by atoms with Gasteiger partial charge in [0.2, 0.25) is 11.8 Å². The first kappa shape index (κ1) is 76.2. The number of nitrogens with zero attached hydrogens (tertiary/aromatic N) is 5. The Bertz CT molecular complexity index is 3110. The Balaban J connectivity index is 0.000000208. The highest BCUT2D eigenvalue weighted by atomic mass is 16.5. The number of rotatable bonds is 36. The van der Waals surface area contributed by atoms with Crippen LogP contribution in [-0.4, -0.2) is 150 Å². The molecule has 0 bridgehead atoms. The van der Waals surface area contributed by atoms with Crippen LogP contribution in [0.5, 0.6) is 34.5 Å². The molecule has 19 nitrogen and oxygen atoms in total. The Morgan fingerprint density at radius 3 is 0.918 bits per heavy atom. The Labute approximate surface area is 582 Å². The molecule has 0 atom stereocenters. The highest BCUT2D eigenvalue weighted by Gasteiger charge is 2.22. The molecule has 0 aliphatic carbocycles. The number of benzene rings is 6. The Morgan fingerprint density at radius 1 is 0.408 bits per heavy atom. The van der Waals surface area contributed by atoms with Gasteiger partial charge in [-0.2, -0.15) is 5.26 Å². The Hall–Kier alpha value is -9.14. The van der Waals surface area contributed by atoms with E-state index < -0.39 is 0 Å². The van der Waals surface area contributed by atoms with Gasteiger partial charge in [-0.1, -0.05) is 12.1 Å². The molecule has 3 fully saturated rings. The van der Waals surface area contributed by atoms with Crippen molar-refractivity contribution in [2.45, 2.75) is 110 Å². The topological polar surface area (TPSA) is 259 Å². The number of nitriles is 1. The molecule has 3 heterocycles. The molecule has 98 heavy (non-hydrogen) atoms. The van der Waals surface area contributed by atoms with Crippen LogP contribution in [0.15, 0.2) is 146 Å². The first-order valence-corrected chi connectivity index (χ1v) is 35.3. The van der Waals surface area contributed by atoms with E-state index in [0.29, 0.717) is 44.3 Å². The number of ether oxygens (including phenoxy) is 8. The summed E-state index contributed by atoms with van der Waals surface area (Å²) < 4.78 is 45.4. The number of nitrogens with one attached hydrogen (secondary N) is 4. The van der Waals surface area contributed by atoms with Crippen molar-refractivity contribution in [3.05, 3.63) is 185 Å². The van der Waals surface area contributed by atoms with Gasteiger partial charge < -0.3 is 64.1 Å². The molecule has 524 valence electrons. The first-order valence-electron chi connectivity index (χ1n) is 35.3. The molecule has 0 saturated carbocycles. The van der Waals surface area contributed by atoms with Crippen molar-refractivity contribution in [2.24, 2.45) is 29.2 Å². The highest BCUT2D eigenvalue weighted by Crippen LogP contribution is 2.27. The molecule has 0 radical (unpaired) electrons. The van der Waals surface area contributed by atoms with Crippen molar-refractivity contribution >= 4 is 29.2 Å². The van der Waals surface area contributed by atoms with E-state index in [2.05, 4.69) is 25.6 Å². The molecule has 0 spiro atoms. The smallest absolute Gasteiger partial charge is 0.213 e. The van der Waals surface area contributed by atoms with Gasteiger partial charge in [0, 0.05) is 41.9 Å². The van der Waals surface area contributed by atoms with Crippen LogP contribution in [0.25, 0.3) is 4.85 Å². The Morgan fingerprint density at radius 2 is 0.663 bits per heavy atom. The summed E-state index contributed by atoms with van der Waals surface area (Å²) in [7, 11) is 0. The minimum Gasteiger partial charge on any atom is -0.494 e. The molecule has 0 unspecified atom stereocenters. The molecule has 6 aromatic carbocycles. The largest absolute Gasteiger partial charge is 0.494 e. The lowest BCUT2D eigenvalue weighted by atomic mass is 9.92. The van der Waals surface area contributed by atoms with Gasteiger partial charge in [0.15, 0.2) is 5.69 Å². The minimum atomic E-state index is 0.0768. The molecule has 19 heteroatoms. The normalized spacial score (nSPS) is 14.5. The predicted octanol–water partition coefficient (Wildman–Crippen LogP) is 14.8. The van der Waals surface area contributed by atoms with Gasteiger partial charge in [0.1, 0.15) is 46.2 Å². The van der Waals surface area contributed by atoms with Crippen LogP contribution in [0.4, 0.5) is 5.69 Å². The number of hydrogen-bond acceptors (Lipinski definition) is 16. The van der Waals surface area contributed by atoms with Crippen LogP contribution in [0, 0.1) is 57.3 Å². The van der Waals surface area contributed by atoms with Gasteiger partial charge in [-0.15, -0.1) is 0 Å². The molecule has 8 N–H and O–H groups in total. The number of likely N-dealkylation sites (tertiary alicyclic amines) is 3. The molecule has 0 aromatic heterocycles. The summed E-state index contributed by atoms with van der Waals surface area (Å²) in [6.07, 6.45) is 17.4. The first-order chi connectivity index (χ1) is 47.9. The van der Waals surface area contributed by atoms with Crippen molar-refractivity contribution in [1.82, 2.24) is 14.7 Å². The summed E-state index contributed by atoms with van der Waals surface area (Å²) in [6.45, 7) is 26.2. The number of hydrogen-bond donors (Lipinski definition) is 6. The van der Waals surface area contributed by atoms with Gasteiger partial charge in [0.25, 0.3) is 0 Å². The molecule has 6 aromatic rings. The quantitative estimate of drug-likeness (QED) is 0.00925. The zero-order chi connectivity index (χ0) is 69.4. The predicted molar refractivity (Wildman–Crippen MR) is 391 cm³/mol. The third-order valence-electron chi connectivity index (χ3n) is 18.0. The van der Waals surface area contributed by atoms with E-state index in [1.165, 1.54) is 70.9 Å². The molecule has 9 rings (SSSR count). The van der Waals surface area contributed by atoms with Crippen molar-refractivity contribution in [3.63, 3.8) is 0 Å². The van der Waals surface area contributed by atoms with E-state index in [4.69, 9.17) is 82.8 Å². The van der Waals surface area contributed by atoms with Crippen LogP contribution in [0.1, 0.15) is 138 Å². The van der Waals surface area contributed by atoms with Crippen LogP contribution in [0.3, 0.4) is 0 Å². The summed E-state index contributed by atoms with van der Waals surface area (Å²) in [5.74, 6) is 7.94. The minimum absolute atomic E-state index is 0.0768. The van der Waals surface area contributed by atoms with E-state index in [0.717, 1.165) is 179 Å². The monoisotopic (exact) mass is 1340 g/mol. The Kier molecular flexibility index (Phi) is 34.2. The second-order valence-corrected chi connectivity index (χ2v) is 25.1. The van der Waals surface area contributed by atoms with Crippen LogP contribution in [-0.2, 0) is 9.47 Å². The molecule has 3 aliphatic heterocycles. The SMILES string of the molecule is CCOC(=N)c1ccc(OCCCC2CCN(CCCOc3ccc(C(=N)OCC)cc3)CC2)cc1.N=C(N)c1ccc(OCCCC2CCN(CCCOc3ccc(C(=N)N)cc3)CC2)cc1.[C-]#[N+]c1ccc(OCCCN2CCC(CCCOc3ccc(C#N)cc3)CC2)cc1. The van der Waals surface area contributed by atoms with Crippen LogP contribution in [0.2, 0.25) is 0 Å². The standard InChI is InChI=1S/C29H41N3O4.C25H35N5O2.C25H29N3O2/c1-3-33-28(30)24-8-12-26(13-9-24)35-21-5-7-23-16-19-32(20-17-23)18-6-22-36-27-14-10-25(11-15-27)29(31)34-4-2;26-24(27)20-4-8-22(9-5-20)31-17-1-3-19-12-15-30(16-13-19)14-2-18-32-23-10-6-21(7-11-23)25(28)29;1-27-23-7-11-25(12-8-23)30-19-3-15-28-16-13-21(14-17-28)4-2-18-29-24-9-5-22(20-26)6-10-24/h8-15,23,30-31H,3-7,16-22H2,1-2H3;4-11,19H,1-3,12-18H2,(H3,26,27)(H3,28,29);5-12,21H,2-4,13-19H2. The second kappa shape index (κ2) is 43.9. The maximum Gasteiger partial charge on any atom is 0.213 e. The van der Waals surface area contributed by atoms with Gasteiger partial charge >= 0.3 is 0 Å². The summed E-state index contributed by atoms with van der Waals surface area (Å²) >= 11 is 0. The van der Waals surface area contributed by atoms with Gasteiger partial charge in [-0.25, -0.2) is 4.85 Å². The fraction of sp³-hybridized carbons (Fsp3) is 0.468. The van der Waals surface area contributed by atoms with E-state index in [1.807, 2.05) is 135 Å². The van der Waals surface area contributed by atoms with Crippen molar-refractivity contribution < 1.29 is 37.9 Å². The highest BCUT2D eigenvalue weighted by molar-refractivity contribution is 5.95. The van der Waals surface area contributed by atoms with Crippen LogP contribution >= 0.6 is 0 Å². The zero-order valence-electron chi connectivity index (χ0n) is 57.9. The molecular formula is C79H105N11O8. The van der Waals surface area contributed by atoms with Gasteiger partial charge in [-0.3, -0.25) is 21.6 Å². The van der Waals surface area contributed by atoms with Gasteiger partial charge in [0.05, 0.1) is 71.1 Å². The molecule has 3 aliphatic rings. The fourth-order valence-electron chi connectivity index (χ4n) is 12.2. The zero-order valence-corrected chi connectivity index (χ0v) is 57.9. The second-order valence-electron chi connectivity index (χ2n) is 25.1. The van der Waals surface area contributed by atoms with Crippen LogP contribution < -0.4 is 39.9 Å². The summed E-state index contributed by atoms with van der Waals surface area (Å²) in [5, 5.41) is 39.3. The third kappa shape index (κ3) is 28.9. The fourth-order valence-corrected chi connectivity index (χ4v) is 12.2. The average Bonchev–Trinajstić information content (AvgIpc) is 3.36. The molecule has 3 saturated heterocycles. The lowest BCUT2D eigenvalue weighted by molar-refractivity contribution is 0.161. The molecule has 0 amide bonds. The van der Waals surface area contributed by atoms with E-state index in [1.54, 1.807) is 24.3 Å². The summed E-state index contributed by atoms with van der Waals surface area (Å²) in [6, 6.07) is 46.6. The lowest BCUT2D eigenvalue weighted by Crippen LogP contribution is -2.35. The third-order valence-corrected chi connectivity index (χ3v) is 18.0. The van der Waals surface area contributed by atoms with E-state index in [-0.39, 0.29) is 23.5 Å². The molecular weight excluding hydrogens is 1230 g/mol. The van der Waals surface area contributed by atoms with Crippen molar-refractivity contribution in [2.75, 3.05) is 112 Å². The van der Waals surface area contributed by atoms with Gasteiger partial charge in [-0.05, 0) is 301 Å². The number of nitrogens with two attached hydrogens (primary N) is 2. The van der Waals surface area contributed by atoms with E-state index >= 15 is 0 Å². The number of amidine groups is 2. The lowest BCUT2D eigenvalue weighted by Gasteiger charge is -2.32. The van der Waals surface area contributed by atoms with E-state index in [9.17, 15) is 0 Å². The summed E-state index contributed by atoms with van der Waals surface area (Å²) in [5.41, 5.74) is 15.2. The van der Waals surface area contributed by atoms with Crippen molar-refractivity contribution in [3.8, 4) is 40.6 Å². The maximum atomic E-state index is 8.82. The summed E-state index contributed by atoms with van der Waals surface area (Å²) in [4.78, 5) is 11.0. The average molecular weight is 1340 g/mol. The van der Waals surface area contributed by atoms with Crippen molar-refractivity contribution in [1.29, 1.82) is 26.9 Å². The maximum absolute atomic E-state index is 8.82. The number of piperidine rings is 3. The number of nitrogen functional groups attached to an aromatic ring is 2.